The molecular formula is C30H24BCl2N7O. The molecule has 2 aliphatic rings. The first-order valence-electron chi connectivity index (χ1n) is 13.0. The molecule has 4 N–H and O–H groups in total. The Labute approximate surface area is 248 Å². The quantitative estimate of drug-likeness (QED) is 0.146. The highest BCUT2D eigenvalue weighted by Gasteiger charge is 2.38. The van der Waals surface area contributed by atoms with Crippen LogP contribution in [-0.2, 0) is 5.44 Å². The first kappa shape index (κ1) is 27.0. The lowest BCUT2D eigenvalue weighted by Gasteiger charge is -2.35. The van der Waals surface area contributed by atoms with E-state index in [4.69, 9.17) is 31.0 Å². The van der Waals surface area contributed by atoms with Crippen LogP contribution in [0.2, 0.25) is 10.0 Å². The average Bonchev–Trinajstić information content (AvgIpc) is 3.68. The molecule has 1 atom stereocenters. The Bertz CT molecular complexity index is 1770. The van der Waals surface area contributed by atoms with E-state index in [0.717, 1.165) is 12.8 Å². The maximum absolute atomic E-state index is 12.9. The smallest absolute Gasteiger partial charge is 0.162 e. The van der Waals surface area contributed by atoms with Crippen molar-refractivity contribution in [1.82, 2.24) is 21.0 Å². The molecule has 3 aromatic carbocycles. The van der Waals surface area contributed by atoms with Crippen molar-refractivity contribution in [2.75, 3.05) is 10.6 Å². The number of anilines is 3. The number of Topliss-reactive ketones (excluding diaryl/α,β-unsaturated/α-hetero) is 1. The number of rotatable bonds is 8. The van der Waals surface area contributed by atoms with Gasteiger partial charge in [-0.15, -0.1) is 5.53 Å². The van der Waals surface area contributed by atoms with Gasteiger partial charge in [0, 0.05) is 50.8 Å². The minimum Gasteiger partial charge on any atom is -0.378 e. The van der Waals surface area contributed by atoms with Crippen LogP contribution in [0.5, 0.6) is 0 Å². The summed E-state index contributed by atoms with van der Waals surface area (Å²) in [7, 11) is 7.17. The molecule has 8 nitrogen and oxygen atoms in total. The number of hydrazine groups is 2. The summed E-state index contributed by atoms with van der Waals surface area (Å²) >= 11 is 12.9. The fourth-order valence-corrected chi connectivity index (χ4v) is 5.42. The van der Waals surface area contributed by atoms with Gasteiger partial charge in [-0.2, -0.15) is 5.26 Å². The molecule has 41 heavy (non-hydrogen) atoms. The van der Waals surface area contributed by atoms with Gasteiger partial charge in [0.1, 0.15) is 13.9 Å². The van der Waals surface area contributed by atoms with Crippen LogP contribution < -0.4 is 21.6 Å². The van der Waals surface area contributed by atoms with Gasteiger partial charge < -0.3 is 16.1 Å². The monoisotopic (exact) mass is 579 g/mol. The molecule has 1 fully saturated rings. The first-order valence-corrected chi connectivity index (χ1v) is 13.8. The second kappa shape index (κ2) is 10.6. The zero-order chi connectivity index (χ0) is 28.7. The number of ketones is 1. The number of aromatic nitrogens is 1. The number of fused-ring (bicyclic) bond motifs is 1. The van der Waals surface area contributed by atoms with Crippen LogP contribution in [0.25, 0.3) is 10.9 Å². The molecule has 0 amide bonds. The fraction of sp³-hybridized carbons (Fsp3) is 0.167. The van der Waals surface area contributed by atoms with E-state index >= 15 is 0 Å². The highest BCUT2D eigenvalue weighted by Crippen LogP contribution is 2.39. The minimum absolute atomic E-state index is 0.190. The highest BCUT2D eigenvalue weighted by atomic mass is 35.5. The number of halogens is 2. The molecule has 6 rings (SSSR count). The molecule has 1 aliphatic carbocycles. The summed E-state index contributed by atoms with van der Waals surface area (Å²) in [5.74, 6) is -0.190. The van der Waals surface area contributed by atoms with Crippen LogP contribution in [0.1, 0.15) is 41.3 Å². The molecule has 1 saturated carbocycles. The lowest BCUT2D eigenvalue weighted by Crippen LogP contribution is -2.45. The summed E-state index contributed by atoms with van der Waals surface area (Å²) < 4.78 is 0. The molecule has 1 aliphatic heterocycles. The normalized spacial score (nSPS) is 16.0. The molecule has 1 unspecified atom stereocenters. The van der Waals surface area contributed by atoms with Crippen molar-refractivity contribution < 1.29 is 4.79 Å². The Kier molecular flexibility index (Phi) is 7.00. The first-order chi connectivity index (χ1) is 19.8. The van der Waals surface area contributed by atoms with E-state index in [-0.39, 0.29) is 5.78 Å². The van der Waals surface area contributed by atoms with Gasteiger partial charge >= 0.3 is 0 Å². The number of carbonyl (C=O) groups is 1. The Balaban J connectivity index is 1.52. The molecule has 1 aromatic heterocycles. The number of pyridine rings is 1. The number of carbonyl (C=O) groups excluding carboxylic acids is 1. The summed E-state index contributed by atoms with van der Waals surface area (Å²) in [6.45, 7) is 1.48. The van der Waals surface area contributed by atoms with Crippen molar-refractivity contribution in [2.45, 2.75) is 31.2 Å². The Morgan fingerprint density at radius 3 is 2.66 bits per heavy atom. The number of hydrogen-bond donors (Lipinski definition) is 4. The third-order valence-corrected chi connectivity index (χ3v) is 7.72. The van der Waals surface area contributed by atoms with E-state index in [1.165, 1.54) is 13.1 Å². The zero-order valence-corrected chi connectivity index (χ0v) is 23.5. The summed E-state index contributed by atoms with van der Waals surface area (Å²) in [5.41, 5.74) is 9.15. The van der Waals surface area contributed by atoms with Crippen molar-refractivity contribution in [1.29, 1.82) is 5.26 Å². The number of benzene rings is 3. The molecule has 0 saturated heterocycles. The van der Waals surface area contributed by atoms with Gasteiger partial charge in [0.25, 0.3) is 0 Å². The molecular weight excluding hydrogens is 556 g/mol. The Hall–Kier alpha value is -4.23. The summed E-state index contributed by atoms with van der Waals surface area (Å²) in [6, 6.07) is 20.6. The third kappa shape index (κ3) is 5.18. The van der Waals surface area contributed by atoms with Gasteiger partial charge in [-0.1, -0.05) is 47.5 Å². The van der Waals surface area contributed by atoms with Crippen LogP contribution >= 0.6 is 23.2 Å². The number of hydrogen-bond acceptors (Lipinski definition) is 8. The fourth-order valence-electron chi connectivity index (χ4n) is 4.94. The maximum atomic E-state index is 12.9. The third-order valence-electron chi connectivity index (χ3n) is 7.16. The predicted octanol–water partition coefficient (Wildman–Crippen LogP) is 6.12. The Morgan fingerprint density at radius 1 is 1.15 bits per heavy atom. The Morgan fingerprint density at radius 2 is 1.95 bits per heavy atom. The second-order valence-electron chi connectivity index (χ2n) is 10.1. The van der Waals surface area contributed by atoms with Crippen LogP contribution in [-0.4, -0.2) is 29.7 Å². The van der Waals surface area contributed by atoms with E-state index in [1.54, 1.807) is 24.3 Å². The van der Waals surface area contributed by atoms with Crippen molar-refractivity contribution in [2.24, 2.45) is 0 Å². The van der Waals surface area contributed by atoms with E-state index in [9.17, 15) is 10.1 Å². The summed E-state index contributed by atoms with van der Waals surface area (Å²) in [5, 5.41) is 20.3. The topological polar surface area (TPSA) is 105 Å². The van der Waals surface area contributed by atoms with Gasteiger partial charge in [-0.25, -0.2) is 0 Å². The predicted molar refractivity (Wildman–Crippen MR) is 163 cm³/mol. The minimum atomic E-state index is -1.32. The molecule has 2 radical (unpaired) electrons. The van der Waals surface area contributed by atoms with Gasteiger partial charge in [0.2, 0.25) is 0 Å². The molecule has 4 aromatic rings. The van der Waals surface area contributed by atoms with Crippen molar-refractivity contribution in [3.8, 4) is 6.07 Å². The number of nitriles is 1. The van der Waals surface area contributed by atoms with E-state index in [1.807, 2.05) is 47.6 Å². The zero-order valence-electron chi connectivity index (χ0n) is 22.0. The largest absolute Gasteiger partial charge is 0.378 e. The SMILES string of the molecule is [B]C(Nc1cc(C(C)=O)c2ncc(C#N)c(Nc3cccc(Cl)c3)c2c1)(C1=CN(C2CC2)NN1)c1ccccc1Cl. The molecule has 2 heterocycles. The summed E-state index contributed by atoms with van der Waals surface area (Å²) in [6.07, 6.45) is 5.55. The van der Waals surface area contributed by atoms with E-state index in [0.29, 0.717) is 66.4 Å². The van der Waals surface area contributed by atoms with Gasteiger partial charge in [0.05, 0.1) is 27.9 Å². The van der Waals surface area contributed by atoms with E-state index in [2.05, 4.69) is 32.6 Å². The molecule has 202 valence electrons. The van der Waals surface area contributed by atoms with Crippen molar-refractivity contribution >= 4 is 64.8 Å². The van der Waals surface area contributed by atoms with E-state index < -0.39 is 5.44 Å². The van der Waals surface area contributed by atoms with Crippen LogP contribution in [0.15, 0.2) is 78.8 Å². The van der Waals surface area contributed by atoms with Gasteiger partial charge in [-0.3, -0.25) is 14.8 Å². The van der Waals surface area contributed by atoms with Gasteiger partial charge in [-0.05, 0) is 61.7 Å². The lowest BCUT2D eigenvalue weighted by atomic mass is 9.69. The number of nitrogens with zero attached hydrogens (tertiary/aromatic N) is 3. The van der Waals surface area contributed by atoms with Crippen molar-refractivity contribution in [3.63, 3.8) is 0 Å². The van der Waals surface area contributed by atoms with Crippen LogP contribution in [0.4, 0.5) is 17.1 Å². The van der Waals surface area contributed by atoms with Gasteiger partial charge in [0.15, 0.2) is 5.78 Å². The van der Waals surface area contributed by atoms with Crippen LogP contribution in [0, 0.1) is 11.3 Å². The maximum Gasteiger partial charge on any atom is 0.162 e. The molecule has 11 heteroatoms. The van der Waals surface area contributed by atoms with Crippen LogP contribution in [0.3, 0.4) is 0 Å². The average molecular weight is 580 g/mol. The van der Waals surface area contributed by atoms with Crippen molar-refractivity contribution in [3.05, 3.63) is 105 Å². The molecule has 0 bridgehead atoms. The number of nitrogens with one attached hydrogen (secondary N) is 4. The second-order valence-corrected chi connectivity index (χ2v) is 10.9. The standard InChI is InChI=1S/C30H24BCl2N7O/c1-17(41)23-12-21(13-24-28(18(14-34)15-35-29(23)24)36-20-6-4-5-19(32)11-20)37-30(31,25-7-2-3-8-26(25)33)27-16-40(39-38-27)22-9-10-22/h2-8,11-13,15-16,22,37-39H,9-10H2,1H3,(H,35,36). The highest BCUT2D eigenvalue weighted by molar-refractivity contribution is 6.33. The lowest BCUT2D eigenvalue weighted by molar-refractivity contribution is 0.101. The molecule has 0 spiro atoms. The summed E-state index contributed by atoms with van der Waals surface area (Å²) in [4.78, 5) is 17.4.